The number of nitrogens with one attached hydrogen (secondary N) is 2. The van der Waals surface area contributed by atoms with Crippen LogP contribution in [0.3, 0.4) is 0 Å². The van der Waals surface area contributed by atoms with Crippen LogP contribution in [0.25, 0.3) is 0 Å². The number of rotatable bonds is 6. The lowest BCUT2D eigenvalue weighted by molar-refractivity contribution is -0.116. The van der Waals surface area contributed by atoms with E-state index in [1.165, 1.54) is 4.68 Å². The number of hydrogen-bond donors (Lipinski definition) is 3. The van der Waals surface area contributed by atoms with E-state index in [4.69, 9.17) is 5.73 Å². The summed E-state index contributed by atoms with van der Waals surface area (Å²) in [6.45, 7) is 4.10. The zero-order chi connectivity index (χ0) is 20.1. The number of amides is 2. The molecular weight excluding hydrogens is 356 g/mol. The molecule has 1 heterocycles. The average Bonchev–Trinajstić information content (AvgIpc) is 3.03. The number of para-hydroxylation sites is 1. The molecule has 0 bridgehead atoms. The molecule has 4 N–H and O–H groups in total. The molecule has 8 nitrogen and oxygen atoms in total. The van der Waals surface area contributed by atoms with Gasteiger partial charge in [-0.2, -0.15) is 0 Å². The predicted octanol–water partition coefficient (Wildman–Crippen LogP) is 2.05. The summed E-state index contributed by atoms with van der Waals surface area (Å²) in [6, 6.07) is 15.2. The van der Waals surface area contributed by atoms with Gasteiger partial charge in [0.25, 0.3) is 5.91 Å². The first-order valence-corrected chi connectivity index (χ1v) is 8.82. The van der Waals surface area contributed by atoms with Crippen molar-refractivity contribution < 1.29 is 9.59 Å². The van der Waals surface area contributed by atoms with Crippen LogP contribution in [0.4, 0.5) is 11.5 Å². The third kappa shape index (κ3) is 4.53. The number of aromatic nitrogens is 3. The van der Waals surface area contributed by atoms with Crippen LogP contribution >= 0.6 is 0 Å². The van der Waals surface area contributed by atoms with E-state index in [9.17, 15) is 9.59 Å². The van der Waals surface area contributed by atoms with Crippen LogP contribution in [0.1, 0.15) is 27.2 Å². The normalized spacial score (nSPS) is 10.5. The zero-order valence-corrected chi connectivity index (χ0v) is 15.8. The Morgan fingerprint density at radius 2 is 1.79 bits per heavy atom. The van der Waals surface area contributed by atoms with Gasteiger partial charge in [-0.1, -0.05) is 53.2 Å². The van der Waals surface area contributed by atoms with Crippen molar-refractivity contribution >= 4 is 23.3 Å². The SMILES string of the molecule is Cc1ccc(CNC(=O)c2nnn(CC(=O)Nc3ccccc3C)c2N)cc1. The lowest BCUT2D eigenvalue weighted by Gasteiger charge is -2.08. The maximum absolute atomic E-state index is 12.3. The van der Waals surface area contributed by atoms with Gasteiger partial charge in [0.2, 0.25) is 5.91 Å². The van der Waals surface area contributed by atoms with E-state index >= 15 is 0 Å². The molecule has 0 aliphatic carbocycles. The standard InChI is InChI=1S/C20H22N6O2/c1-13-7-9-15(10-8-13)11-22-20(28)18-19(21)26(25-24-18)12-17(27)23-16-6-4-3-5-14(16)2/h3-10H,11-12,21H2,1-2H3,(H,22,28)(H,23,27). The maximum atomic E-state index is 12.3. The van der Waals surface area contributed by atoms with Crippen molar-refractivity contribution in [2.45, 2.75) is 26.9 Å². The van der Waals surface area contributed by atoms with Gasteiger partial charge in [0, 0.05) is 12.2 Å². The third-order valence-electron chi connectivity index (χ3n) is 4.27. The quantitative estimate of drug-likeness (QED) is 0.607. The van der Waals surface area contributed by atoms with E-state index in [1.807, 2.05) is 62.4 Å². The Balaban J connectivity index is 1.61. The van der Waals surface area contributed by atoms with Crippen molar-refractivity contribution in [1.29, 1.82) is 0 Å². The van der Waals surface area contributed by atoms with Gasteiger partial charge in [-0.05, 0) is 31.0 Å². The van der Waals surface area contributed by atoms with Crippen molar-refractivity contribution in [3.63, 3.8) is 0 Å². The Labute approximate surface area is 162 Å². The van der Waals surface area contributed by atoms with E-state index in [1.54, 1.807) is 0 Å². The highest BCUT2D eigenvalue weighted by atomic mass is 16.2. The predicted molar refractivity (Wildman–Crippen MR) is 107 cm³/mol. The summed E-state index contributed by atoms with van der Waals surface area (Å²) >= 11 is 0. The van der Waals surface area contributed by atoms with Crippen LogP contribution in [-0.4, -0.2) is 26.8 Å². The first-order chi connectivity index (χ1) is 13.4. The molecule has 0 saturated heterocycles. The Morgan fingerprint density at radius 1 is 1.07 bits per heavy atom. The first-order valence-electron chi connectivity index (χ1n) is 8.82. The summed E-state index contributed by atoms with van der Waals surface area (Å²) in [7, 11) is 0. The monoisotopic (exact) mass is 378 g/mol. The van der Waals surface area contributed by atoms with Gasteiger partial charge >= 0.3 is 0 Å². The van der Waals surface area contributed by atoms with Crippen molar-refractivity contribution in [2.75, 3.05) is 11.1 Å². The molecular formula is C20H22N6O2. The van der Waals surface area contributed by atoms with Gasteiger partial charge in [0.1, 0.15) is 6.54 Å². The molecule has 0 spiro atoms. The fraction of sp³-hybridized carbons (Fsp3) is 0.200. The summed E-state index contributed by atoms with van der Waals surface area (Å²) in [5.74, 6) is -0.706. The second-order valence-electron chi connectivity index (χ2n) is 6.51. The molecule has 2 aromatic carbocycles. The van der Waals surface area contributed by atoms with Crippen LogP contribution in [0.2, 0.25) is 0 Å². The summed E-state index contributed by atoms with van der Waals surface area (Å²) in [4.78, 5) is 24.6. The highest BCUT2D eigenvalue weighted by molar-refractivity contribution is 5.97. The largest absolute Gasteiger partial charge is 0.382 e. The van der Waals surface area contributed by atoms with Crippen LogP contribution in [0.5, 0.6) is 0 Å². The lowest BCUT2D eigenvalue weighted by atomic mass is 10.1. The number of carbonyl (C=O) groups excluding carboxylic acids is 2. The number of aryl methyl sites for hydroxylation is 2. The lowest BCUT2D eigenvalue weighted by Crippen LogP contribution is -2.25. The molecule has 28 heavy (non-hydrogen) atoms. The summed E-state index contributed by atoms with van der Waals surface area (Å²) in [5.41, 5.74) is 9.72. The molecule has 0 aliphatic rings. The molecule has 3 aromatic rings. The molecule has 0 saturated carbocycles. The number of carbonyl (C=O) groups is 2. The average molecular weight is 378 g/mol. The number of anilines is 2. The smallest absolute Gasteiger partial charge is 0.275 e. The minimum absolute atomic E-state index is 0.00389. The highest BCUT2D eigenvalue weighted by Gasteiger charge is 2.19. The first kappa shape index (κ1) is 19.1. The van der Waals surface area contributed by atoms with Crippen molar-refractivity contribution in [2.24, 2.45) is 0 Å². The van der Waals surface area contributed by atoms with E-state index in [-0.39, 0.29) is 24.0 Å². The van der Waals surface area contributed by atoms with Crippen LogP contribution in [-0.2, 0) is 17.9 Å². The number of benzene rings is 2. The van der Waals surface area contributed by atoms with Crippen molar-refractivity contribution in [3.05, 3.63) is 70.9 Å². The Bertz CT molecular complexity index is 994. The van der Waals surface area contributed by atoms with Crippen LogP contribution in [0.15, 0.2) is 48.5 Å². The summed E-state index contributed by atoms with van der Waals surface area (Å²) in [5, 5.41) is 13.2. The van der Waals surface area contributed by atoms with Crippen molar-refractivity contribution in [3.8, 4) is 0 Å². The minimum atomic E-state index is -0.441. The molecule has 3 rings (SSSR count). The fourth-order valence-electron chi connectivity index (χ4n) is 2.61. The van der Waals surface area contributed by atoms with Gasteiger partial charge < -0.3 is 16.4 Å². The Kier molecular flexibility index (Phi) is 5.69. The van der Waals surface area contributed by atoms with Crippen LogP contribution in [0, 0.1) is 13.8 Å². The molecule has 0 unspecified atom stereocenters. The van der Waals surface area contributed by atoms with E-state index in [2.05, 4.69) is 20.9 Å². The molecule has 8 heteroatoms. The molecule has 0 atom stereocenters. The van der Waals surface area contributed by atoms with E-state index in [0.29, 0.717) is 12.2 Å². The minimum Gasteiger partial charge on any atom is -0.382 e. The number of nitrogens with two attached hydrogens (primary N) is 1. The molecule has 0 radical (unpaired) electrons. The Morgan fingerprint density at radius 3 is 2.50 bits per heavy atom. The van der Waals surface area contributed by atoms with Crippen molar-refractivity contribution in [1.82, 2.24) is 20.3 Å². The highest BCUT2D eigenvalue weighted by Crippen LogP contribution is 2.14. The van der Waals surface area contributed by atoms with E-state index < -0.39 is 5.91 Å². The van der Waals surface area contributed by atoms with Crippen LogP contribution < -0.4 is 16.4 Å². The van der Waals surface area contributed by atoms with Gasteiger partial charge in [-0.3, -0.25) is 9.59 Å². The zero-order valence-electron chi connectivity index (χ0n) is 15.8. The second kappa shape index (κ2) is 8.34. The molecule has 1 aromatic heterocycles. The maximum Gasteiger partial charge on any atom is 0.275 e. The molecule has 144 valence electrons. The Hall–Kier alpha value is -3.68. The number of hydrogen-bond acceptors (Lipinski definition) is 5. The second-order valence-corrected chi connectivity index (χ2v) is 6.51. The topological polar surface area (TPSA) is 115 Å². The van der Waals surface area contributed by atoms with E-state index in [0.717, 1.165) is 16.7 Å². The summed E-state index contributed by atoms with van der Waals surface area (Å²) in [6.07, 6.45) is 0. The van der Waals surface area contributed by atoms with Gasteiger partial charge in [-0.15, -0.1) is 5.10 Å². The number of nitrogen functional groups attached to an aromatic ring is 1. The fourth-order valence-corrected chi connectivity index (χ4v) is 2.61. The van der Waals surface area contributed by atoms with Gasteiger partial charge in [-0.25, -0.2) is 4.68 Å². The van der Waals surface area contributed by atoms with Gasteiger partial charge in [0.05, 0.1) is 0 Å². The summed E-state index contributed by atoms with van der Waals surface area (Å²) < 4.78 is 1.20. The van der Waals surface area contributed by atoms with Gasteiger partial charge in [0.15, 0.2) is 11.5 Å². The molecule has 0 fully saturated rings. The number of nitrogens with zero attached hydrogens (tertiary/aromatic N) is 3. The third-order valence-corrected chi connectivity index (χ3v) is 4.27. The molecule has 0 aliphatic heterocycles. The molecule has 2 amide bonds.